The number of carbonyl (C=O) groups is 2. The molecular weight excluding hydrogens is 378 g/mol. The summed E-state index contributed by atoms with van der Waals surface area (Å²) in [5.74, 6) is 0.626. The molecule has 3 fully saturated rings. The van der Waals surface area contributed by atoms with E-state index in [-0.39, 0.29) is 35.1 Å². The standard InChI is InChI=1S/C24H27N3O3/c1-15(19-8-5-6-12-25-19)26-22(29)18-13-16-10-11-23(18,2)14-24(16)27-21(28)17-7-3-4-9-20(17)30-24/h3-9,12,15-16,18H,10-11,13-14H2,1-2H3,(H,26,29)(H,27,28)/t15-,16+,18-,23-,24-/m0/s1. The topological polar surface area (TPSA) is 80.3 Å². The second-order valence-electron chi connectivity index (χ2n) is 9.28. The highest BCUT2D eigenvalue weighted by molar-refractivity contribution is 5.98. The monoisotopic (exact) mass is 405 g/mol. The van der Waals surface area contributed by atoms with Crippen LogP contribution in [0.2, 0.25) is 0 Å². The summed E-state index contributed by atoms with van der Waals surface area (Å²) in [4.78, 5) is 30.4. The van der Waals surface area contributed by atoms with Gasteiger partial charge in [0.25, 0.3) is 5.91 Å². The molecule has 2 N–H and O–H groups in total. The molecule has 0 radical (unpaired) electrons. The van der Waals surface area contributed by atoms with Gasteiger partial charge in [0, 0.05) is 24.5 Å². The largest absolute Gasteiger partial charge is 0.467 e. The van der Waals surface area contributed by atoms with Gasteiger partial charge in [-0.3, -0.25) is 14.6 Å². The van der Waals surface area contributed by atoms with Gasteiger partial charge in [-0.15, -0.1) is 0 Å². The molecule has 3 aliphatic carbocycles. The molecule has 6 heteroatoms. The van der Waals surface area contributed by atoms with E-state index in [1.165, 1.54) is 0 Å². The number of aromatic nitrogens is 1. The summed E-state index contributed by atoms with van der Waals surface area (Å²) in [6, 6.07) is 13.0. The first-order chi connectivity index (χ1) is 14.4. The Kier molecular flexibility index (Phi) is 4.34. The maximum atomic E-state index is 13.2. The van der Waals surface area contributed by atoms with Crippen molar-refractivity contribution in [1.82, 2.24) is 15.6 Å². The van der Waals surface area contributed by atoms with Crippen LogP contribution in [0.4, 0.5) is 0 Å². The lowest BCUT2D eigenvalue weighted by molar-refractivity contribution is -0.167. The van der Waals surface area contributed by atoms with Crippen molar-refractivity contribution in [3.05, 3.63) is 59.9 Å². The zero-order chi connectivity index (χ0) is 20.9. The van der Waals surface area contributed by atoms with Crippen LogP contribution in [0.1, 0.15) is 61.6 Å². The number of fused-ring (bicyclic) bond motifs is 3. The molecule has 30 heavy (non-hydrogen) atoms. The average Bonchev–Trinajstić information content (AvgIpc) is 2.74. The fourth-order valence-electron chi connectivity index (χ4n) is 5.68. The third-order valence-corrected chi connectivity index (χ3v) is 7.31. The molecule has 2 amide bonds. The number of amides is 2. The fraction of sp³-hybridized carbons (Fsp3) is 0.458. The number of pyridine rings is 1. The van der Waals surface area contributed by atoms with Crippen LogP contribution in [-0.4, -0.2) is 22.5 Å². The lowest BCUT2D eigenvalue weighted by Crippen LogP contribution is -2.69. The molecule has 6 rings (SSSR count). The lowest BCUT2D eigenvalue weighted by Gasteiger charge is -2.59. The molecule has 4 aliphatic rings. The number of ether oxygens (including phenoxy) is 1. The van der Waals surface area contributed by atoms with E-state index >= 15 is 0 Å². The van der Waals surface area contributed by atoms with E-state index in [1.807, 2.05) is 43.3 Å². The summed E-state index contributed by atoms with van der Waals surface area (Å²) in [7, 11) is 0. The number of nitrogens with zero attached hydrogens (tertiary/aromatic N) is 1. The molecule has 3 saturated carbocycles. The average molecular weight is 405 g/mol. The van der Waals surface area contributed by atoms with E-state index < -0.39 is 5.72 Å². The minimum absolute atomic E-state index is 0.0674. The van der Waals surface area contributed by atoms with Crippen molar-refractivity contribution in [2.75, 3.05) is 0 Å². The maximum absolute atomic E-state index is 13.2. The molecule has 6 nitrogen and oxygen atoms in total. The highest BCUT2D eigenvalue weighted by Gasteiger charge is 2.61. The normalized spacial score (nSPS) is 32.7. The van der Waals surface area contributed by atoms with Crippen molar-refractivity contribution in [2.45, 2.75) is 51.3 Å². The second kappa shape index (κ2) is 6.83. The fourth-order valence-corrected chi connectivity index (χ4v) is 5.68. The Hall–Kier alpha value is -2.89. The second-order valence-corrected chi connectivity index (χ2v) is 9.28. The van der Waals surface area contributed by atoms with E-state index in [0.29, 0.717) is 24.2 Å². The van der Waals surface area contributed by atoms with Crippen molar-refractivity contribution in [1.29, 1.82) is 0 Å². The summed E-state index contributed by atoms with van der Waals surface area (Å²) >= 11 is 0. The van der Waals surface area contributed by atoms with Crippen LogP contribution in [0.3, 0.4) is 0 Å². The van der Waals surface area contributed by atoms with E-state index in [9.17, 15) is 9.59 Å². The van der Waals surface area contributed by atoms with Crippen LogP contribution >= 0.6 is 0 Å². The van der Waals surface area contributed by atoms with Crippen LogP contribution in [0, 0.1) is 17.3 Å². The Morgan fingerprint density at radius 2 is 2.07 bits per heavy atom. The van der Waals surface area contributed by atoms with E-state index in [1.54, 1.807) is 12.3 Å². The van der Waals surface area contributed by atoms with Gasteiger partial charge in [-0.05, 0) is 55.9 Å². The molecule has 0 unspecified atom stereocenters. The van der Waals surface area contributed by atoms with Gasteiger partial charge in [-0.1, -0.05) is 25.1 Å². The van der Waals surface area contributed by atoms with Crippen molar-refractivity contribution in [3.8, 4) is 5.75 Å². The molecule has 1 aliphatic heterocycles. The van der Waals surface area contributed by atoms with Crippen LogP contribution in [0.5, 0.6) is 5.75 Å². The first-order valence-corrected chi connectivity index (χ1v) is 10.7. The van der Waals surface area contributed by atoms with Gasteiger partial charge in [-0.2, -0.15) is 0 Å². The van der Waals surface area contributed by atoms with E-state index in [0.717, 1.165) is 18.5 Å². The number of para-hydroxylation sites is 1. The quantitative estimate of drug-likeness (QED) is 0.818. The first-order valence-electron chi connectivity index (χ1n) is 10.7. The Morgan fingerprint density at radius 1 is 1.27 bits per heavy atom. The van der Waals surface area contributed by atoms with Gasteiger partial charge in [0.1, 0.15) is 5.75 Å². The maximum Gasteiger partial charge on any atom is 0.258 e. The Labute approximate surface area is 176 Å². The number of nitrogens with one attached hydrogen (secondary N) is 2. The summed E-state index contributed by atoms with van der Waals surface area (Å²) < 4.78 is 6.43. The SMILES string of the molecule is C[C@H](NC(=O)[C@@H]1C[C@H]2CC[C@@]1(C)C[C@@]21NC(=O)c2ccccc2O1)c1ccccn1. The van der Waals surface area contributed by atoms with Crippen LogP contribution in [-0.2, 0) is 4.79 Å². The molecular formula is C24H27N3O3. The molecule has 1 spiro atoms. The Balaban J connectivity index is 1.37. The number of benzene rings is 1. The third kappa shape index (κ3) is 2.97. The van der Waals surface area contributed by atoms with E-state index in [2.05, 4.69) is 22.5 Å². The minimum atomic E-state index is -0.720. The number of hydrogen-bond acceptors (Lipinski definition) is 4. The van der Waals surface area contributed by atoms with Crippen molar-refractivity contribution in [3.63, 3.8) is 0 Å². The number of carbonyl (C=O) groups excluding carboxylic acids is 2. The Bertz CT molecular complexity index is 994. The minimum Gasteiger partial charge on any atom is -0.467 e. The van der Waals surface area contributed by atoms with Crippen LogP contribution in [0.25, 0.3) is 0 Å². The van der Waals surface area contributed by atoms with Gasteiger partial charge in [0.2, 0.25) is 5.91 Å². The molecule has 5 atom stereocenters. The summed E-state index contributed by atoms with van der Waals surface area (Å²) in [5, 5.41) is 6.33. The van der Waals surface area contributed by atoms with Crippen molar-refractivity contribution >= 4 is 11.8 Å². The summed E-state index contributed by atoms with van der Waals surface area (Å²) in [6.07, 6.45) is 4.99. The van der Waals surface area contributed by atoms with E-state index in [4.69, 9.17) is 4.74 Å². The van der Waals surface area contributed by atoms with Crippen molar-refractivity contribution < 1.29 is 14.3 Å². The van der Waals surface area contributed by atoms with Gasteiger partial charge in [-0.25, -0.2) is 0 Å². The van der Waals surface area contributed by atoms with Crippen LogP contribution in [0.15, 0.2) is 48.7 Å². The van der Waals surface area contributed by atoms with Crippen molar-refractivity contribution in [2.24, 2.45) is 17.3 Å². The van der Waals surface area contributed by atoms with Gasteiger partial charge in [0.15, 0.2) is 5.72 Å². The molecule has 2 bridgehead atoms. The molecule has 1 aromatic carbocycles. The first kappa shape index (κ1) is 19.1. The predicted octanol–water partition coefficient (Wildman–Crippen LogP) is 3.60. The zero-order valence-corrected chi connectivity index (χ0v) is 17.4. The molecule has 0 saturated heterocycles. The smallest absolute Gasteiger partial charge is 0.258 e. The highest BCUT2D eigenvalue weighted by Crippen LogP contribution is 2.59. The van der Waals surface area contributed by atoms with Gasteiger partial charge in [0.05, 0.1) is 17.3 Å². The molecule has 2 heterocycles. The third-order valence-electron chi connectivity index (χ3n) is 7.31. The molecule has 1 aromatic heterocycles. The van der Waals surface area contributed by atoms with Gasteiger partial charge < -0.3 is 15.4 Å². The van der Waals surface area contributed by atoms with Crippen LogP contribution < -0.4 is 15.4 Å². The summed E-state index contributed by atoms with van der Waals surface area (Å²) in [5.41, 5.74) is 0.477. The molecule has 2 aromatic rings. The summed E-state index contributed by atoms with van der Waals surface area (Å²) in [6.45, 7) is 4.13. The zero-order valence-electron chi connectivity index (χ0n) is 17.4. The number of rotatable bonds is 3. The number of hydrogen-bond donors (Lipinski definition) is 2. The lowest BCUT2D eigenvalue weighted by atomic mass is 9.52. The highest BCUT2D eigenvalue weighted by atomic mass is 16.5. The predicted molar refractivity (Wildman–Crippen MR) is 112 cm³/mol. The molecule has 156 valence electrons. The van der Waals surface area contributed by atoms with Gasteiger partial charge >= 0.3 is 0 Å². The Morgan fingerprint density at radius 3 is 2.83 bits per heavy atom.